The van der Waals surface area contributed by atoms with Gasteiger partial charge in [-0.1, -0.05) is 19.9 Å². The van der Waals surface area contributed by atoms with E-state index in [9.17, 15) is 9.90 Å². The van der Waals surface area contributed by atoms with E-state index in [1.165, 1.54) is 18.1 Å². The molecule has 1 amide bonds. The molecule has 8 nitrogen and oxygen atoms in total. The Morgan fingerprint density at radius 3 is 2.67 bits per heavy atom. The Bertz CT molecular complexity index is 1750. The highest BCUT2D eigenvalue weighted by Gasteiger charge is 2.42. The fraction of sp³-hybridized carbons (Fsp3) is 0.286. The summed E-state index contributed by atoms with van der Waals surface area (Å²) in [5.41, 5.74) is 2.98. The summed E-state index contributed by atoms with van der Waals surface area (Å²) in [7, 11) is 3.09. The zero-order chi connectivity index (χ0) is 31.7. The van der Waals surface area contributed by atoms with Gasteiger partial charge >= 0.3 is 0 Å². The Morgan fingerprint density at radius 1 is 1.11 bits per heavy atom. The SMILES string of the molecule is COc1ccc(OC)c(CC(=O)N2c3cccc(O)c3NC3=C(OCC(C)(C)C3)C2c2ccc(OCc3ccsc3)cc2F)c1. The summed E-state index contributed by atoms with van der Waals surface area (Å²) >= 11 is 1.57. The number of allylic oxidation sites excluding steroid dienone is 1. The largest absolute Gasteiger partial charge is 0.506 e. The number of anilines is 2. The molecule has 4 aromatic rings. The molecule has 2 aliphatic heterocycles. The predicted octanol–water partition coefficient (Wildman–Crippen LogP) is 7.59. The van der Waals surface area contributed by atoms with Gasteiger partial charge in [0.1, 0.15) is 52.9 Å². The molecule has 2 N–H and O–H groups in total. The number of halogens is 1. The van der Waals surface area contributed by atoms with Gasteiger partial charge in [0, 0.05) is 22.6 Å². The molecule has 10 heteroatoms. The average molecular weight is 631 g/mol. The molecule has 0 bridgehead atoms. The molecule has 0 saturated heterocycles. The van der Waals surface area contributed by atoms with Crippen LogP contribution in [-0.4, -0.2) is 31.8 Å². The number of para-hydroxylation sites is 1. The van der Waals surface area contributed by atoms with E-state index in [2.05, 4.69) is 19.2 Å². The number of hydrogen-bond acceptors (Lipinski definition) is 8. The maximum atomic E-state index is 16.3. The Balaban J connectivity index is 1.48. The van der Waals surface area contributed by atoms with Crippen LogP contribution < -0.4 is 24.4 Å². The second-order valence-electron chi connectivity index (χ2n) is 11.9. The number of thiophene rings is 1. The molecule has 3 aromatic carbocycles. The lowest BCUT2D eigenvalue weighted by Crippen LogP contribution is -2.39. The predicted molar refractivity (Wildman–Crippen MR) is 172 cm³/mol. The lowest BCUT2D eigenvalue weighted by atomic mass is 9.85. The number of ether oxygens (including phenoxy) is 4. The Labute approximate surface area is 265 Å². The van der Waals surface area contributed by atoms with Gasteiger partial charge in [-0.25, -0.2) is 4.39 Å². The minimum Gasteiger partial charge on any atom is -0.506 e. The molecule has 6 rings (SSSR count). The highest BCUT2D eigenvalue weighted by Crippen LogP contribution is 2.50. The number of hydrogen-bond donors (Lipinski definition) is 2. The van der Waals surface area contributed by atoms with Crippen molar-refractivity contribution in [3.8, 4) is 23.0 Å². The molecule has 2 aliphatic rings. The molecule has 3 heterocycles. The number of rotatable bonds is 8. The van der Waals surface area contributed by atoms with Crippen molar-refractivity contribution in [2.75, 3.05) is 31.0 Å². The van der Waals surface area contributed by atoms with Crippen LogP contribution >= 0.6 is 11.3 Å². The Hall–Kier alpha value is -4.70. The molecule has 234 valence electrons. The van der Waals surface area contributed by atoms with E-state index in [1.54, 1.807) is 67.0 Å². The number of phenols is 1. The van der Waals surface area contributed by atoms with Crippen LogP contribution in [0.1, 0.15) is 43.0 Å². The quantitative estimate of drug-likeness (QED) is 0.194. The summed E-state index contributed by atoms with van der Waals surface area (Å²) in [6, 6.07) is 15.8. The van der Waals surface area contributed by atoms with Crippen LogP contribution in [0, 0.1) is 11.2 Å². The zero-order valence-corrected chi connectivity index (χ0v) is 26.4. The van der Waals surface area contributed by atoms with Gasteiger partial charge in [0.05, 0.1) is 38.6 Å². The molecule has 0 saturated carbocycles. The number of amides is 1. The normalized spacial score (nSPS) is 16.9. The second kappa shape index (κ2) is 12.4. The second-order valence-corrected chi connectivity index (χ2v) is 12.7. The van der Waals surface area contributed by atoms with Gasteiger partial charge in [-0.05, 0) is 71.3 Å². The van der Waals surface area contributed by atoms with E-state index < -0.39 is 11.9 Å². The third kappa shape index (κ3) is 6.15. The summed E-state index contributed by atoms with van der Waals surface area (Å²) in [4.78, 5) is 16.1. The van der Waals surface area contributed by atoms with Crippen LogP contribution in [0.25, 0.3) is 0 Å². The summed E-state index contributed by atoms with van der Waals surface area (Å²) in [6.45, 7) is 4.81. The first-order chi connectivity index (χ1) is 21.7. The van der Waals surface area contributed by atoms with Crippen molar-refractivity contribution < 1.29 is 33.2 Å². The lowest BCUT2D eigenvalue weighted by Gasteiger charge is -2.38. The highest BCUT2D eigenvalue weighted by molar-refractivity contribution is 7.07. The molecule has 0 spiro atoms. The van der Waals surface area contributed by atoms with Crippen molar-refractivity contribution in [3.63, 3.8) is 0 Å². The fourth-order valence-electron chi connectivity index (χ4n) is 5.78. The van der Waals surface area contributed by atoms with Gasteiger partial charge in [0.2, 0.25) is 5.91 Å². The number of carbonyl (C=O) groups is 1. The fourth-order valence-corrected chi connectivity index (χ4v) is 6.43. The number of carbonyl (C=O) groups excluding carboxylic acids is 1. The smallest absolute Gasteiger partial charge is 0.232 e. The van der Waals surface area contributed by atoms with Crippen LogP contribution in [0.2, 0.25) is 0 Å². The van der Waals surface area contributed by atoms with Gasteiger partial charge in [-0.2, -0.15) is 11.3 Å². The minimum absolute atomic E-state index is 0.0437. The minimum atomic E-state index is -0.985. The van der Waals surface area contributed by atoms with E-state index in [4.69, 9.17) is 18.9 Å². The van der Waals surface area contributed by atoms with Gasteiger partial charge in [0.15, 0.2) is 0 Å². The first kappa shape index (κ1) is 30.3. The van der Waals surface area contributed by atoms with Gasteiger partial charge in [-0.3, -0.25) is 9.69 Å². The Kier molecular flexibility index (Phi) is 8.33. The number of phenolic OH excluding ortho intramolecular Hbond substituents is 1. The number of nitrogens with one attached hydrogen (secondary N) is 1. The van der Waals surface area contributed by atoms with E-state index in [-0.39, 0.29) is 29.1 Å². The molecule has 1 unspecified atom stereocenters. The third-order valence-electron chi connectivity index (χ3n) is 7.98. The van der Waals surface area contributed by atoms with Crippen LogP contribution in [0.3, 0.4) is 0 Å². The van der Waals surface area contributed by atoms with Crippen molar-refractivity contribution in [2.45, 2.75) is 39.3 Å². The summed E-state index contributed by atoms with van der Waals surface area (Å²) in [5, 5.41) is 18.3. The summed E-state index contributed by atoms with van der Waals surface area (Å²) < 4.78 is 39.5. The van der Waals surface area contributed by atoms with Crippen molar-refractivity contribution >= 4 is 28.6 Å². The number of aromatic hydroxyl groups is 1. The van der Waals surface area contributed by atoms with Crippen molar-refractivity contribution in [2.24, 2.45) is 5.41 Å². The number of methoxy groups -OCH3 is 2. The van der Waals surface area contributed by atoms with E-state index in [0.29, 0.717) is 65.3 Å². The maximum absolute atomic E-state index is 16.3. The average Bonchev–Trinajstić information content (AvgIpc) is 3.49. The van der Waals surface area contributed by atoms with Crippen LogP contribution in [-0.2, 0) is 22.6 Å². The zero-order valence-electron chi connectivity index (χ0n) is 25.6. The monoisotopic (exact) mass is 630 g/mol. The van der Waals surface area contributed by atoms with Crippen LogP contribution in [0.4, 0.5) is 15.8 Å². The third-order valence-corrected chi connectivity index (χ3v) is 8.72. The first-order valence-electron chi connectivity index (χ1n) is 14.6. The number of fused-ring (bicyclic) bond motifs is 1. The molecule has 1 atom stereocenters. The number of benzene rings is 3. The molecule has 0 fully saturated rings. The van der Waals surface area contributed by atoms with Crippen molar-refractivity contribution in [3.05, 3.63) is 105 Å². The van der Waals surface area contributed by atoms with Gasteiger partial charge in [-0.15, -0.1) is 0 Å². The molecule has 0 radical (unpaired) electrons. The van der Waals surface area contributed by atoms with Gasteiger partial charge < -0.3 is 29.4 Å². The van der Waals surface area contributed by atoms with E-state index in [1.807, 2.05) is 16.8 Å². The molecule has 45 heavy (non-hydrogen) atoms. The highest BCUT2D eigenvalue weighted by atomic mass is 32.1. The van der Waals surface area contributed by atoms with Crippen molar-refractivity contribution in [1.29, 1.82) is 0 Å². The standard InChI is InChI=1S/C35H35FN2O6S/c1-35(2)17-27-34(44-20-35)33(25-10-8-24(16-26(25)36)43-18-21-12-13-45-19-21)38(28-6-5-7-29(39)32(28)37-27)31(40)15-22-14-23(41-3)9-11-30(22)42-4/h5-14,16,19,33,37,39H,15,17-18,20H2,1-4H3. The molecular formula is C35H35FN2O6S. The van der Waals surface area contributed by atoms with Crippen LogP contribution in [0.5, 0.6) is 23.0 Å². The first-order valence-corrected chi connectivity index (χ1v) is 15.5. The van der Waals surface area contributed by atoms with Crippen LogP contribution in [0.15, 0.2) is 82.9 Å². The number of nitrogens with zero attached hydrogens (tertiary/aromatic N) is 1. The Morgan fingerprint density at radius 2 is 1.93 bits per heavy atom. The summed E-state index contributed by atoms with van der Waals surface area (Å²) in [6.07, 6.45) is 0.464. The van der Waals surface area contributed by atoms with E-state index in [0.717, 1.165) is 5.56 Å². The topological polar surface area (TPSA) is 89.5 Å². The van der Waals surface area contributed by atoms with Crippen molar-refractivity contribution in [1.82, 2.24) is 0 Å². The molecular weight excluding hydrogens is 595 g/mol. The lowest BCUT2D eigenvalue weighted by molar-refractivity contribution is -0.118. The molecule has 0 aliphatic carbocycles. The maximum Gasteiger partial charge on any atom is 0.232 e. The van der Waals surface area contributed by atoms with Gasteiger partial charge in [0.25, 0.3) is 0 Å². The van der Waals surface area contributed by atoms with E-state index >= 15 is 4.39 Å². The summed E-state index contributed by atoms with van der Waals surface area (Å²) in [5.74, 6) is 0.907. The molecule has 1 aromatic heterocycles.